The van der Waals surface area contributed by atoms with Crippen LogP contribution in [0.1, 0.15) is 0 Å². The second-order valence-electron chi connectivity index (χ2n) is 5.57. The van der Waals surface area contributed by atoms with E-state index in [0.717, 1.165) is 0 Å². The van der Waals surface area contributed by atoms with E-state index in [4.69, 9.17) is 28.1 Å². The van der Waals surface area contributed by atoms with E-state index in [9.17, 15) is 4.79 Å². The van der Waals surface area contributed by atoms with E-state index >= 15 is 0 Å². The molecule has 0 atom stereocenters. The largest absolute Gasteiger partial charge is 0.493 e. The number of methoxy groups -OCH3 is 5. The summed E-state index contributed by atoms with van der Waals surface area (Å²) in [6, 6.07) is 6.78. The molecule has 0 N–H and O–H groups in total. The van der Waals surface area contributed by atoms with Gasteiger partial charge in [-0.1, -0.05) is 6.07 Å². The highest BCUT2D eigenvalue weighted by Crippen LogP contribution is 2.43. The van der Waals surface area contributed by atoms with E-state index in [1.807, 2.05) is 0 Å². The molecule has 7 nitrogen and oxygen atoms in total. The van der Waals surface area contributed by atoms with Crippen molar-refractivity contribution >= 4 is 11.0 Å². The Kier molecular flexibility index (Phi) is 5.12. The van der Waals surface area contributed by atoms with Crippen molar-refractivity contribution in [3.8, 4) is 39.9 Å². The number of benzene rings is 2. The van der Waals surface area contributed by atoms with Crippen LogP contribution in [-0.2, 0) is 0 Å². The van der Waals surface area contributed by atoms with Gasteiger partial charge in [0.15, 0.2) is 22.8 Å². The minimum absolute atomic E-state index is 0.234. The molecule has 0 radical (unpaired) electrons. The van der Waals surface area contributed by atoms with Crippen LogP contribution in [0.15, 0.2) is 39.7 Å². The Hall–Kier alpha value is -3.35. The van der Waals surface area contributed by atoms with Gasteiger partial charge in [-0.25, -0.2) is 0 Å². The summed E-state index contributed by atoms with van der Waals surface area (Å²) >= 11 is 0. The van der Waals surface area contributed by atoms with E-state index in [1.54, 1.807) is 31.4 Å². The van der Waals surface area contributed by atoms with Crippen LogP contribution in [0.3, 0.4) is 0 Å². The van der Waals surface area contributed by atoms with Gasteiger partial charge < -0.3 is 28.1 Å². The van der Waals surface area contributed by atoms with E-state index in [-0.39, 0.29) is 11.0 Å². The Morgan fingerprint density at radius 2 is 1.41 bits per heavy atom. The van der Waals surface area contributed by atoms with Gasteiger partial charge in [0.1, 0.15) is 6.26 Å². The summed E-state index contributed by atoms with van der Waals surface area (Å²) in [7, 11) is 7.53. The maximum absolute atomic E-state index is 13.1. The average molecular weight is 372 g/mol. The van der Waals surface area contributed by atoms with Crippen LogP contribution < -0.4 is 29.1 Å². The smallest absolute Gasteiger partial charge is 0.208 e. The van der Waals surface area contributed by atoms with Crippen LogP contribution in [0.4, 0.5) is 0 Å². The molecular weight excluding hydrogens is 352 g/mol. The van der Waals surface area contributed by atoms with E-state index in [2.05, 4.69) is 0 Å². The second kappa shape index (κ2) is 7.49. The molecule has 7 heteroatoms. The molecule has 0 bridgehead atoms. The van der Waals surface area contributed by atoms with Crippen LogP contribution in [0, 0.1) is 0 Å². The van der Waals surface area contributed by atoms with Crippen molar-refractivity contribution in [2.75, 3.05) is 35.5 Å². The van der Waals surface area contributed by atoms with Crippen LogP contribution >= 0.6 is 0 Å². The lowest BCUT2D eigenvalue weighted by Gasteiger charge is -2.14. The Labute approximate surface area is 156 Å². The molecule has 0 aliphatic heterocycles. The Morgan fingerprint density at radius 3 is 2.00 bits per heavy atom. The van der Waals surface area contributed by atoms with Gasteiger partial charge in [0, 0.05) is 0 Å². The standard InChI is InChI=1S/C20H20O7/c1-22-14-7-6-11(8-15(14)23-2)13-10-27-18-12(17(13)21)9-16(24-3)19(25-4)20(18)26-5/h6-10H,1-5H3. The van der Waals surface area contributed by atoms with Crippen LogP contribution in [-0.4, -0.2) is 35.5 Å². The molecule has 0 spiro atoms. The van der Waals surface area contributed by atoms with Crippen molar-refractivity contribution in [3.05, 3.63) is 40.8 Å². The molecule has 3 rings (SSSR count). The first-order chi connectivity index (χ1) is 13.1. The zero-order chi connectivity index (χ0) is 19.6. The molecule has 27 heavy (non-hydrogen) atoms. The van der Waals surface area contributed by atoms with Gasteiger partial charge in [-0.2, -0.15) is 0 Å². The molecule has 0 saturated carbocycles. The molecular formula is C20H20O7. The molecule has 0 amide bonds. The summed E-state index contributed by atoms with van der Waals surface area (Å²) in [5.74, 6) is 2.11. The lowest BCUT2D eigenvalue weighted by molar-refractivity contribution is 0.323. The Bertz CT molecular complexity index is 1040. The van der Waals surface area contributed by atoms with Gasteiger partial charge >= 0.3 is 0 Å². The van der Waals surface area contributed by atoms with Gasteiger partial charge in [0.25, 0.3) is 0 Å². The lowest BCUT2D eigenvalue weighted by Crippen LogP contribution is -2.07. The zero-order valence-corrected chi connectivity index (χ0v) is 15.7. The molecule has 0 unspecified atom stereocenters. The molecule has 0 aliphatic rings. The fraction of sp³-hybridized carbons (Fsp3) is 0.250. The highest BCUT2D eigenvalue weighted by molar-refractivity contribution is 5.90. The van der Waals surface area contributed by atoms with Crippen molar-refractivity contribution in [1.82, 2.24) is 0 Å². The third kappa shape index (κ3) is 3.01. The van der Waals surface area contributed by atoms with Gasteiger partial charge in [-0.05, 0) is 23.8 Å². The van der Waals surface area contributed by atoms with Crippen LogP contribution in [0.5, 0.6) is 28.7 Å². The number of ether oxygens (including phenoxy) is 5. The van der Waals surface area contributed by atoms with Crippen molar-refractivity contribution in [1.29, 1.82) is 0 Å². The number of hydrogen-bond acceptors (Lipinski definition) is 7. The first-order valence-corrected chi connectivity index (χ1v) is 8.06. The summed E-state index contributed by atoms with van der Waals surface area (Å²) in [5.41, 5.74) is 1.06. The van der Waals surface area contributed by atoms with Crippen LogP contribution in [0.2, 0.25) is 0 Å². The topological polar surface area (TPSA) is 76.4 Å². The average Bonchev–Trinajstić information content (AvgIpc) is 2.72. The molecule has 142 valence electrons. The maximum atomic E-state index is 13.1. The molecule has 0 fully saturated rings. The maximum Gasteiger partial charge on any atom is 0.208 e. The minimum Gasteiger partial charge on any atom is -0.493 e. The van der Waals surface area contributed by atoms with Crippen molar-refractivity contribution in [2.45, 2.75) is 0 Å². The summed E-state index contributed by atoms with van der Waals surface area (Å²) in [6.07, 6.45) is 1.39. The van der Waals surface area contributed by atoms with E-state index < -0.39 is 0 Å². The first kappa shape index (κ1) is 18.4. The van der Waals surface area contributed by atoms with Crippen molar-refractivity contribution < 1.29 is 28.1 Å². The summed E-state index contributed by atoms with van der Waals surface area (Å²) in [6.45, 7) is 0. The van der Waals surface area contributed by atoms with E-state index in [1.165, 1.54) is 34.7 Å². The second-order valence-corrected chi connectivity index (χ2v) is 5.57. The zero-order valence-electron chi connectivity index (χ0n) is 15.7. The normalized spacial score (nSPS) is 10.6. The van der Waals surface area contributed by atoms with Crippen molar-refractivity contribution in [3.63, 3.8) is 0 Å². The van der Waals surface area contributed by atoms with Gasteiger partial charge in [-0.15, -0.1) is 0 Å². The molecule has 2 aromatic carbocycles. The Morgan fingerprint density at radius 1 is 0.741 bits per heavy atom. The number of hydrogen-bond donors (Lipinski definition) is 0. The summed E-state index contributed by atoms with van der Waals surface area (Å²) in [4.78, 5) is 13.1. The molecule has 3 aromatic rings. The van der Waals surface area contributed by atoms with Crippen molar-refractivity contribution in [2.24, 2.45) is 0 Å². The molecule has 1 heterocycles. The highest BCUT2D eigenvalue weighted by atomic mass is 16.5. The quantitative estimate of drug-likeness (QED) is 0.655. The summed E-state index contributed by atoms with van der Waals surface area (Å²) in [5, 5.41) is 0.316. The first-order valence-electron chi connectivity index (χ1n) is 8.06. The molecule has 0 saturated heterocycles. The van der Waals surface area contributed by atoms with E-state index in [0.29, 0.717) is 45.3 Å². The SMILES string of the molecule is COc1ccc(-c2coc3c(OC)c(OC)c(OC)cc3c2=O)cc1OC. The third-order valence-electron chi connectivity index (χ3n) is 4.26. The van der Waals surface area contributed by atoms with Gasteiger partial charge in [0.05, 0.1) is 46.5 Å². The molecule has 1 aromatic heterocycles. The minimum atomic E-state index is -0.234. The summed E-state index contributed by atoms with van der Waals surface area (Å²) < 4.78 is 32.3. The molecule has 0 aliphatic carbocycles. The fourth-order valence-corrected chi connectivity index (χ4v) is 2.93. The number of rotatable bonds is 6. The highest BCUT2D eigenvalue weighted by Gasteiger charge is 2.21. The van der Waals surface area contributed by atoms with Gasteiger partial charge in [0.2, 0.25) is 16.9 Å². The lowest BCUT2D eigenvalue weighted by atomic mass is 10.0. The van der Waals surface area contributed by atoms with Gasteiger partial charge in [-0.3, -0.25) is 4.79 Å². The third-order valence-corrected chi connectivity index (χ3v) is 4.26. The predicted octanol–water partition coefficient (Wildman–Crippen LogP) is 3.50. The fourth-order valence-electron chi connectivity index (χ4n) is 2.93. The Balaban J connectivity index is 2.29. The predicted molar refractivity (Wildman–Crippen MR) is 101 cm³/mol. The monoisotopic (exact) mass is 372 g/mol. The van der Waals surface area contributed by atoms with Crippen LogP contribution in [0.25, 0.3) is 22.1 Å². The number of fused-ring (bicyclic) bond motifs is 1.